The van der Waals surface area contributed by atoms with Crippen LogP contribution in [0.3, 0.4) is 0 Å². The van der Waals surface area contributed by atoms with Gasteiger partial charge in [0, 0.05) is 30.0 Å². The van der Waals surface area contributed by atoms with Crippen LogP contribution in [0.15, 0.2) is 30.5 Å². The van der Waals surface area contributed by atoms with Crippen molar-refractivity contribution in [3.8, 4) is 0 Å². The molecule has 1 N–H and O–H groups in total. The van der Waals surface area contributed by atoms with E-state index in [0.29, 0.717) is 0 Å². The van der Waals surface area contributed by atoms with E-state index in [1.165, 1.54) is 16.8 Å². The van der Waals surface area contributed by atoms with E-state index in [1.807, 2.05) is 24.0 Å². The second kappa shape index (κ2) is 6.91. The number of benzene rings is 1. The van der Waals surface area contributed by atoms with Gasteiger partial charge in [-0.3, -0.25) is 4.68 Å². The third-order valence-corrected chi connectivity index (χ3v) is 3.92. The fourth-order valence-electron chi connectivity index (χ4n) is 2.47. The van der Waals surface area contributed by atoms with Crippen molar-refractivity contribution >= 4 is 11.6 Å². The van der Waals surface area contributed by atoms with E-state index in [4.69, 9.17) is 11.6 Å². The Morgan fingerprint density at radius 1 is 1.35 bits per heavy atom. The topological polar surface area (TPSA) is 29.9 Å². The van der Waals surface area contributed by atoms with E-state index in [-0.39, 0.29) is 6.04 Å². The van der Waals surface area contributed by atoms with Gasteiger partial charge in [0.2, 0.25) is 0 Å². The minimum atomic E-state index is 0.281. The fourth-order valence-corrected chi connectivity index (χ4v) is 2.83. The Balaban J connectivity index is 2.12. The molecule has 0 aliphatic carbocycles. The van der Waals surface area contributed by atoms with Crippen molar-refractivity contribution in [1.82, 2.24) is 15.1 Å². The van der Waals surface area contributed by atoms with Gasteiger partial charge in [0.1, 0.15) is 0 Å². The van der Waals surface area contributed by atoms with Crippen LogP contribution in [0.25, 0.3) is 0 Å². The number of nitrogens with one attached hydrogen (secondary N) is 1. The summed E-state index contributed by atoms with van der Waals surface area (Å²) in [7, 11) is 1.98. The Morgan fingerprint density at radius 3 is 2.75 bits per heavy atom. The molecule has 20 heavy (non-hydrogen) atoms. The van der Waals surface area contributed by atoms with Gasteiger partial charge in [0.15, 0.2) is 0 Å². The molecule has 2 rings (SSSR count). The molecule has 0 fully saturated rings. The number of aromatic nitrogens is 2. The van der Waals surface area contributed by atoms with Crippen LogP contribution in [0, 0.1) is 6.92 Å². The SMILES string of the molecule is CCNC(CCc1ccnn1C)c1ccc(C)cc1Cl. The van der Waals surface area contributed by atoms with E-state index in [2.05, 4.69) is 42.5 Å². The fraction of sp³-hybridized carbons (Fsp3) is 0.438. The van der Waals surface area contributed by atoms with Crippen molar-refractivity contribution in [2.75, 3.05) is 6.54 Å². The molecule has 1 heterocycles. The summed E-state index contributed by atoms with van der Waals surface area (Å²) in [4.78, 5) is 0. The standard InChI is InChI=1S/C16H22ClN3/c1-4-18-16(8-6-13-9-10-19-20(13)3)14-7-5-12(2)11-15(14)17/h5,7,9-11,16,18H,4,6,8H2,1-3H3. The summed E-state index contributed by atoms with van der Waals surface area (Å²) in [6, 6.07) is 8.64. The van der Waals surface area contributed by atoms with Crippen molar-refractivity contribution in [2.45, 2.75) is 32.7 Å². The normalized spacial score (nSPS) is 12.6. The van der Waals surface area contributed by atoms with E-state index in [9.17, 15) is 0 Å². The quantitative estimate of drug-likeness (QED) is 0.880. The summed E-state index contributed by atoms with van der Waals surface area (Å²) >= 11 is 6.39. The van der Waals surface area contributed by atoms with Crippen molar-refractivity contribution < 1.29 is 0 Å². The van der Waals surface area contributed by atoms with E-state index in [0.717, 1.165) is 24.4 Å². The summed E-state index contributed by atoms with van der Waals surface area (Å²) in [5.41, 5.74) is 3.62. The minimum absolute atomic E-state index is 0.281. The monoisotopic (exact) mass is 291 g/mol. The third kappa shape index (κ3) is 3.62. The van der Waals surface area contributed by atoms with Crippen molar-refractivity contribution in [3.63, 3.8) is 0 Å². The predicted octanol–water partition coefficient (Wildman–Crippen LogP) is 3.67. The van der Waals surface area contributed by atoms with Gasteiger partial charge in [0.25, 0.3) is 0 Å². The molecule has 0 bridgehead atoms. The molecule has 1 unspecified atom stereocenters. The number of hydrogen-bond donors (Lipinski definition) is 1. The zero-order chi connectivity index (χ0) is 14.5. The lowest BCUT2D eigenvalue weighted by molar-refractivity contribution is 0.506. The van der Waals surface area contributed by atoms with Gasteiger partial charge in [-0.25, -0.2) is 0 Å². The average molecular weight is 292 g/mol. The molecule has 3 nitrogen and oxygen atoms in total. The van der Waals surface area contributed by atoms with Gasteiger partial charge in [-0.05, 0) is 49.6 Å². The Morgan fingerprint density at radius 2 is 2.15 bits per heavy atom. The van der Waals surface area contributed by atoms with Crippen molar-refractivity contribution in [3.05, 3.63) is 52.3 Å². The highest BCUT2D eigenvalue weighted by Crippen LogP contribution is 2.27. The molecule has 108 valence electrons. The Bertz CT molecular complexity index is 563. The molecule has 1 aromatic carbocycles. The molecule has 0 spiro atoms. The predicted molar refractivity (Wildman–Crippen MR) is 84.1 cm³/mol. The zero-order valence-electron chi connectivity index (χ0n) is 12.4. The lowest BCUT2D eigenvalue weighted by atomic mass is 9.99. The first kappa shape index (κ1) is 15.1. The maximum atomic E-state index is 6.39. The smallest absolute Gasteiger partial charge is 0.0492 e. The van der Waals surface area contributed by atoms with Gasteiger partial charge < -0.3 is 5.32 Å². The molecule has 2 aromatic rings. The van der Waals surface area contributed by atoms with Crippen molar-refractivity contribution in [2.24, 2.45) is 7.05 Å². The number of hydrogen-bond acceptors (Lipinski definition) is 2. The lowest BCUT2D eigenvalue weighted by Gasteiger charge is -2.20. The number of halogens is 1. The van der Waals surface area contributed by atoms with Crippen LogP contribution in [0.4, 0.5) is 0 Å². The Kier molecular flexibility index (Phi) is 5.21. The maximum Gasteiger partial charge on any atom is 0.0492 e. The third-order valence-electron chi connectivity index (χ3n) is 3.59. The minimum Gasteiger partial charge on any atom is -0.310 e. The molecular weight excluding hydrogens is 270 g/mol. The van der Waals surface area contributed by atoms with Crippen LogP contribution >= 0.6 is 11.6 Å². The van der Waals surface area contributed by atoms with Gasteiger partial charge in [0.05, 0.1) is 0 Å². The van der Waals surface area contributed by atoms with E-state index >= 15 is 0 Å². The zero-order valence-corrected chi connectivity index (χ0v) is 13.1. The largest absolute Gasteiger partial charge is 0.310 e. The molecule has 1 aromatic heterocycles. The summed E-state index contributed by atoms with van der Waals surface area (Å²) < 4.78 is 1.93. The number of rotatable bonds is 6. The van der Waals surface area contributed by atoms with Crippen LogP contribution in [-0.2, 0) is 13.5 Å². The van der Waals surface area contributed by atoms with Gasteiger partial charge in [-0.2, -0.15) is 5.10 Å². The highest BCUT2D eigenvalue weighted by atomic mass is 35.5. The molecule has 0 saturated heterocycles. The van der Waals surface area contributed by atoms with Gasteiger partial charge in [-0.15, -0.1) is 0 Å². The second-order valence-corrected chi connectivity index (χ2v) is 5.53. The average Bonchev–Trinajstić information content (AvgIpc) is 2.81. The molecule has 0 radical (unpaired) electrons. The first-order chi connectivity index (χ1) is 9.61. The molecule has 4 heteroatoms. The van der Waals surface area contributed by atoms with Crippen molar-refractivity contribution in [1.29, 1.82) is 0 Å². The molecule has 0 amide bonds. The van der Waals surface area contributed by atoms with Crippen LogP contribution in [0.1, 0.15) is 36.2 Å². The number of nitrogens with zero attached hydrogens (tertiary/aromatic N) is 2. The molecular formula is C16H22ClN3. The van der Waals surface area contributed by atoms with Crippen LogP contribution < -0.4 is 5.32 Å². The summed E-state index contributed by atoms with van der Waals surface area (Å²) in [5, 5.41) is 8.59. The lowest BCUT2D eigenvalue weighted by Crippen LogP contribution is -2.22. The van der Waals surface area contributed by atoms with E-state index in [1.54, 1.807) is 0 Å². The van der Waals surface area contributed by atoms with Crippen LogP contribution in [-0.4, -0.2) is 16.3 Å². The molecule has 1 atom stereocenters. The summed E-state index contributed by atoms with van der Waals surface area (Å²) in [6.07, 6.45) is 3.84. The molecule has 0 aliphatic rings. The number of aryl methyl sites for hydroxylation is 3. The van der Waals surface area contributed by atoms with Crippen LogP contribution in [0.5, 0.6) is 0 Å². The Hall–Kier alpha value is -1.32. The first-order valence-electron chi connectivity index (χ1n) is 7.08. The van der Waals surface area contributed by atoms with Crippen LogP contribution in [0.2, 0.25) is 5.02 Å². The Labute approximate surface area is 126 Å². The second-order valence-electron chi connectivity index (χ2n) is 5.12. The highest BCUT2D eigenvalue weighted by Gasteiger charge is 2.14. The molecule has 0 aliphatic heterocycles. The van der Waals surface area contributed by atoms with Gasteiger partial charge >= 0.3 is 0 Å². The summed E-state index contributed by atoms with van der Waals surface area (Å²) in [6.45, 7) is 5.12. The van der Waals surface area contributed by atoms with Gasteiger partial charge in [-0.1, -0.05) is 30.7 Å². The highest BCUT2D eigenvalue weighted by molar-refractivity contribution is 6.31. The summed E-state index contributed by atoms with van der Waals surface area (Å²) in [5.74, 6) is 0. The maximum absolute atomic E-state index is 6.39. The first-order valence-corrected chi connectivity index (χ1v) is 7.46. The van der Waals surface area contributed by atoms with E-state index < -0.39 is 0 Å². The molecule has 0 saturated carbocycles.